The molecule has 5 rings (SSSR count). The van der Waals surface area contributed by atoms with E-state index in [9.17, 15) is 8.42 Å². The summed E-state index contributed by atoms with van der Waals surface area (Å²) in [5.74, 6) is 0. The molecule has 2 heterocycles. The number of aromatic nitrogens is 3. The highest BCUT2D eigenvalue weighted by Crippen LogP contribution is 2.29. The number of nitrogens with one attached hydrogen (secondary N) is 1. The van der Waals surface area contributed by atoms with Gasteiger partial charge in [-0.05, 0) is 54.6 Å². The Hall–Kier alpha value is -3.42. The molecule has 0 amide bonds. The minimum atomic E-state index is -3.21. The zero-order valence-electron chi connectivity index (χ0n) is 17.9. The second-order valence-electron chi connectivity index (χ2n) is 7.86. The molecule has 0 fully saturated rings. The maximum Gasteiger partial charge on any atom is 0.175 e. The number of hydrogen-bond donors (Lipinski definition) is 1. The maximum absolute atomic E-state index is 11.7. The Morgan fingerprint density at radius 3 is 2.45 bits per heavy atom. The van der Waals surface area contributed by atoms with E-state index in [2.05, 4.69) is 5.32 Å². The number of pyridine rings is 1. The first-order valence-electron chi connectivity index (χ1n) is 10.5. The zero-order chi connectivity index (χ0) is 23.0. The van der Waals surface area contributed by atoms with E-state index in [1.165, 1.54) is 6.26 Å². The minimum absolute atomic E-state index is 0.302. The molecule has 1 N–H and O–H groups in total. The molecule has 0 saturated heterocycles. The first kappa shape index (κ1) is 21.4. The molecule has 0 aliphatic rings. The van der Waals surface area contributed by atoms with Crippen molar-refractivity contribution in [1.29, 1.82) is 0 Å². The second-order valence-corrected chi connectivity index (χ2v) is 10.3. The Labute approximate surface area is 196 Å². The van der Waals surface area contributed by atoms with Crippen LogP contribution in [0.1, 0.15) is 5.69 Å². The van der Waals surface area contributed by atoms with Gasteiger partial charge in [0.05, 0.1) is 21.8 Å². The molecular weight excluding hydrogens is 456 g/mol. The van der Waals surface area contributed by atoms with Gasteiger partial charge in [-0.15, -0.1) is 0 Å². The highest BCUT2D eigenvalue weighted by Gasteiger charge is 2.14. The van der Waals surface area contributed by atoms with Crippen LogP contribution in [0.3, 0.4) is 0 Å². The van der Waals surface area contributed by atoms with E-state index in [-0.39, 0.29) is 0 Å². The third kappa shape index (κ3) is 4.42. The van der Waals surface area contributed by atoms with Gasteiger partial charge in [-0.2, -0.15) is 5.10 Å². The normalized spacial score (nSPS) is 11.8. The van der Waals surface area contributed by atoms with E-state index in [1.807, 2.05) is 59.4 Å². The molecule has 33 heavy (non-hydrogen) atoms. The summed E-state index contributed by atoms with van der Waals surface area (Å²) in [6.45, 7) is 0.628. The number of hydrogen-bond acceptors (Lipinski definition) is 5. The lowest BCUT2D eigenvalue weighted by atomic mass is 10.1. The van der Waals surface area contributed by atoms with E-state index in [4.69, 9.17) is 21.7 Å². The van der Waals surface area contributed by atoms with Crippen LogP contribution in [0.15, 0.2) is 83.9 Å². The molecule has 0 radical (unpaired) electrons. The van der Waals surface area contributed by atoms with Gasteiger partial charge in [0.2, 0.25) is 0 Å². The Bertz CT molecular complexity index is 1560. The van der Waals surface area contributed by atoms with Gasteiger partial charge in [0, 0.05) is 46.9 Å². The lowest BCUT2D eigenvalue weighted by Crippen LogP contribution is -2.07. The molecule has 0 unspecified atom stereocenters. The topological polar surface area (TPSA) is 76.9 Å². The number of fused-ring (bicyclic) bond motifs is 3. The van der Waals surface area contributed by atoms with Gasteiger partial charge in [0.25, 0.3) is 0 Å². The van der Waals surface area contributed by atoms with Crippen molar-refractivity contribution in [3.05, 3.63) is 89.7 Å². The van der Waals surface area contributed by atoms with Gasteiger partial charge in [-0.25, -0.2) is 13.1 Å². The molecule has 8 heteroatoms. The van der Waals surface area contributed by atoms with Crippen LogP contribution in [0, 0.1) is 0 Å². The average Bonchev–Trinajstić information content (AvgIpc) is 3.25. The molecule has 0 bridgehead atoms. The predicted molar refractivity (Wildman–Crippen MR) is 133 cm³/mol. The van der Waals surface area contributed by atoms with Gasteiger partial charge in [0.15, 0.2) is 9.84 Å². The first-order valence-corrected chi connectivity index (χ1v) is 12.7. The van der Waals surface area contributed by atoms with Crippen molar-refractivity contribution in [3.63, 3.8) is 0 Å². The van der Waals surface area contributed by atoms with Gasteiger partial charge in [0.1, 0.15) is 5.52 Å². The molecule has 0 aliphatic carbocycles. The van der Waals surface area contributed by atoms with E-state index in [1.54, 1.807) is 24.3 Å². The lowest BCUT2D eigenvalue weighted by Gasteiger charge is -2.09. The van der Waals surface area contributed by atoms with E-state index >= 15 is 0 Å². The summed E-state index contributed by atoms with van der Waals surface area (Å²) in [5.41, 5.74) is 4.43. The quantitative estimate of drug-likeness (QED) is 0.360. The maximum atomic E-state index is 11.7. The number of anilines is 1. The Morgan fingerprint density at radius 2 is 1.73 bits per heavy atom. The summed E-state index contributed by atoms with van der Waals surface area (Å²) in [6.07, 6.45) is 3.88. The Balaban J connectivity index is 1.48. The third-order valence-electron chi connectivity index (χ3n) is 5.49. The third-order valence-corrected chi connectivity index (χ3v) is 6.85. The molecule has 0 saturated carbocycles. The monoisotopic (exact) mass is 476 g/mol. The van der Waals surface area contributed by atoms with Crippen LogP contribution in [0.2, 0.25) is 5.02 Å². The SMILES string of the molecule is CS(=O)(=O)c1ccc(NCCc2nc3cc(Cl)ccc3c3nn(-c4ccccc4)cc23)cc1. The fraction of sp³-hybridized carbons (Fsp3) is 0.120. The predicted octanol–water partition coefficient (Wildman–Crippen LogP) is 5.29. The van der Waals surface area contributed by atoms with Gasteiger partial charge >= 0.3 is 0 Å². The van der Waals surface area contributed by atoms with Crippen LogP contribution in [0.5, 0.6) is 0 Å². The van der Waals surface area contributed by atoms with Crippen molar-refractivity contribution in [2.24, 2.45) is 0 Å². The van der Waals surface area contributed by atoms with E-state index in [0.717, 1.165) is 38.9 Å². The molecule has 2 aromatic heterocycles. The highest BCUT2D eigenvalue weighted by atomic mass is 35.5. The Kier molecular flexibility index (Phi) is 5.52. The smallest absolute Gasteiger partial charge is 0.175 e. The number of nitrogens with zero attached hydrogens (tertiary/aromatic N) is 3. The fourth-order valence-electron chi connectivity index (χ4n) is 3.84. The summed E-state index contributed by atoms with van der Waals surface area (Å²) in [7, 11) is -3.21. The summed E-state index contributed by atoms with van der Waals surface area (Å²) in [6, 6.07) is 22.4. The molecular formula is C25H21ClN4O2S. The largest absolute Gasteiger partial charge is 0.385 e. The van der Waals surface area contributed by atoms with Crippen LogP contribution < -0.4 is 5.32 Å². The van der Waals surface area contributed by atoms with Gasteiger partial charge in [-0.1, -0.05) is 29.8 Å². The Morgan fingerprint density at radius 1 is 0.970 bits per heavy atom. The molecule has 166 valence electrons. The average molecular weight is 477 g/mol. The zero-order valence-corrected chi connectivity index (χ0v) is 19.4. The molecule has 5 aromatic rings. The van der Waals surface area contributed by atoms with Crippen LogP contribution in [0.25, 0.3) is 27.5 Å². The van der Waals surface area contributed by atoms with E-state index < -0.39 is 9.84 Å². The second kappa shape index (κ2) is 8.50. The standard InChI is InChI=1S/C25H21ClN4O2S/c1-33(31,32)20-10-8-18(9-11-20)27-14-13-23-22-16-30(19-5-3-2-4-6-19)29-25(22)21-12-7-17(26)15-24(21)28-23/h2-12,15-16,27H,13-14H2,1H3. The summed E-state index contributed by atoms with van der Waals surface area (Å²) < 4.78 is 25.2. The van der Waals surface area contributed by atoms with Crippen molar-refractivity contribution < 1.29 is 8.42 Å². The van der Waals surface area contributed by atoms with Crippen LogP contribution in [-0.4, -0.2) is 36.0 Å². The number of benzene rings is 3. The minimum Gasteiger partial charge on any atom is -0.385 e. The highest BCUT2D eigenvalue weighted by molar-refractivity contribution is 7.90. The number of rotatable bonds is 6. The molecule has 0 spiro atoms. The van der Waals surface area contributed by atoms with Crippen LogP contribution >= 0.6 is 11.6 Å². The van der Waals surface area contributed by atoms with Gasteiger partial charge < -0.3 is 5.32 Å². The first-order chi connectivity index (χ1) is 15.9. The van der Waals surface area contributed by atoms with Gasteiger partial charge in [-0.3, -0.25) is 4.98 Å². The summed E-state index contributed by atoms with van der Waals surface area (Å²) in [4.78, 5) is 5.19. The lowest BCUT2D eigenvalue weighted by molar-refractivity contribution is 0.602. The van der Waals surface area contributed by atoms with Crippen LogP contribution in [-0.2, 0) is 16.3 Å². The molecule has 6 nitrogen and oxygen atoms in total. The number of para-hydroxylation sites is 1. The van der Waals surface area contributed by atoms with Crippen molar-refractivity contribution in [1.82, 2.24) is 14.8 Å². The van der Waals surface area contributed by atoms with Crippen molar-refractivity contribution in [2.75, 3.05) is 18.1 Å². The van der Waals surface area contributed by atoms with Crippen LogP contribution in [0.4, 0.5) is 5.69 Å². The number of sulfone groups is 1. The molecule has 0 atom stereocenters. The van der Waals surface area contributed by atoms with Crippen molar-refractivity contribution >= 4 is 48.9 Å². The fourth-order valence-corrected chi connectivity index (χ4v) is 4.63. The molecule has 0 aliphatic heterocycles. The van der Waals surface area contributed by atoms with E-state index in [0.29, 0.717) is 22.9 Å². The van der Waals surface area contributed by atoms with Crippen molar-refractivity contribution in [3.8, 4) is 5.69 Å². The summed E-state index contributed by atoms with van der Waals surface area (Å²) >= 11 is 6.23. The summed E-state index contributed by atoms with van der Waals surface area (Å²) in [5, 5.41) is 10.8. The van der Waals surface area contributed by atoms with Crippen molar-refractivity contribution in [2.45, 2.75) is 11.3 Å². The molecule has 3 aromatic carbocycles. The number of halogens is 1.